The lowest BCUT2D eigenvalue weighted by Gasteiger charge is -2.25. The molecule has 14 heavy (non-hydrogen) atoms. The summed E-state index contributed by atoms with van der Waals surface area (Å²) in [6.45, 7) is 2.73. The highest BCUT2D eigenvalue weighted by molar-refractivity contribution is 5.80. The molecule has 0 spiro atoms. The van der Waals surface area contributed by atoms with E-state index in [0.29, 0.717) is 26.0 Å². The number of rotatable bonds is 7. The van der Waals surface area contributed by atoms with Gasteiger partial charge in [-0.05, 0) is 26.3 Å². The van der Waals surface area contributed by atoms with Gasteiger partial charge in [0.15, 0.2) is 0 Å². The molecule has 0 radical (unpaired) electrons. The molecule has 0 aromatic rings. The summed E-state index contributed by atoms with van der Waals surface area (Å²) in [5.74, 6) is -0.421. The normalized spacial score (nSPS) is 14.9. The van der Waals surface area contributed by atoms with Crippen LogP contribution < -0.4 is 11.5 Å². The zero-order valence-corrected chi connectivity index (χ0v) is 8.91. The zero-order chi connectivity index (χ0) is 11.0. The summed E-state index contributed by atoms with van der Waals surface area (Å²) in [5.41, 5.74) is 10.2. The Balaban J connectivity index is 4.28. The maximum atomic E-state index is 11.5. The number of methoxy groups -OCH3 is 1. The van der Waals surface area contributed by atoms with E-state index in [1.165, 1.54) is 7.11 Å². The Morgan fingerprint density at radius 1 is 1.50 bits per heavy atom. The lowest BCUT2D eigenvalue weighted by atomic mass is 9.96. The number of carbonyl (C=O) groups is 1. The average molecular weight is 204 g/mol. The van der Waals surface area contributed by atoms with E-state index in [1.54, 1.807) is 6.92 Å². The average Bonchev–Trinajstić information content (AvgIpc) is 2.15. The molecule has 0 rings (SSSR count). The highest BCUT2D eigenvalue weighted by atomic mass is 16.5. The molecule has 0 aliphatic heterocycles. The predicted molar refractivity (Wildman–Crippen MR) is 53.7 cm³/mol. The van der Waals surface area contributed by atoms with Crippen LogP contribution in [0.3, 0.4) is 0 Å². The molecular formula is C9H20N2O3. The number of carbonyl (C=O) groups excluding carboxylic acids is 1. The molecule has 0 amide bonds. The molecule has 0 aliphatic carbocycles. The SMILES string of the molecule is CCOC(=O)[C@](N)(CCCN)COC. The van der Waals surface area contributed by atoms with Crippen LogP contribution in [0.2, 0.25) is 0 Å². The van der Waals surface area contributed by atoms with Crippen molar-refractivity contribution >= 4 is 5.97 Å². The van der Waals surface area contributed by atoms with Crippen molar-refractivity contribution in [3.05, 3.63) is 0 Å². The van der Waals surface area contributed by atoms with E-state index < -0.39 is 11.5 Å². The molecule has 0 fully saturated rings. The third-order valence-electron chi connectivity index (χ3n) is 1.91. The van der Waals surface area contributed by atoms with Gasteiger partial charge in [0.05, 0.1) is 13.2 Å². The van der Waals surface area contributed by atoms with Crippen molar-refractivity contribution in [2.24, 2.45) is 11.5 Å². The van der Waals surface area contributed by atoms with Crippen molar-refractivity contribution in [1.82, 2.24) is 0 Å². The summed E-state index contributed by atoms with van der Waals surface area (Å²) in [5, 5.41) is 0. The van der Waals surface area contributed by atoms with Gasteiger partial charge in [-0.1, -0.05) is 0 Å². The third kappa shape index (κ3) is 4.04. The minimum Gasteiger partial charge on any atom is -0.465 e. The fourth-order valence-corrected chi connectivity index (χ4v) is 1.18. The van der Waals surface area contributed by atoms with E-state index >= 15 is 0 Å². The number of ether oxygens (including phenoxy) is 2. The van der Waals surface area contributed by atoms with Crippen LogP contribution in [0.25, 0.3) is 0 Å². The molecule has 0 aliphatic rings. The van der Waals surface area contributed by atoms with Crippen LogP contribution in [0.15, 0.2) is 0 Å². The van der Waals surface area contributed by atoms with Crippen LogP contribution in [0, 0.1) is 0 Å². The van der Waals surface area contributed by atoms with Gasteiger partial charge < -0.3 is 20.9 Å². The monoisotopic (exact) mass is 204 g/mol. The first-order chi connectivity index (χ1) is 6.60. The molecule has 0 saturated carbocycles. The largest absolute Gasteiger partial charge is 0.465 e. The molecule has 1 atom stereocenters. The summed E-state index contributed by atoms with van der Waals surface area (Å²) in [6.07, 6.45) is 1.16. The molecule has 0 heterocycles. The second-order valence-electron chi connectivity index (χ2n) is 3.20. The van der Waals surface area contributed by atoms with Gasteiger partial charge in [-0.2, -0.15) is 0 Å². The molecule has 84 valence electrons. The molecule has 0 aromatic carbocycles. The lowest BCUT2D eigenvalue weighted by molar-refractivity contribution is -0.152. The molecule has 5 nitrogen and oxygen atoms in total. The second kappa shape index (κ2) is 6.75. The maximum Gasteiger partial charge on any atom is 0.328 e. The summed E-state index contributed by atoms with van der Waals surface area (Å²) in [6, 6.07) is 0. The standard InChI is InChI=1S/C9H20N2O3/c1-3-14-8(12)9(11,7-13-2)5-4-6-10/h3-7,10-11H2,1-2H3/t9-/m0/s1. The summed E-state index contributed by atoms with van der Waals surface area (Å²) in [7, 11) is 1.50. The molecule has 5 heteroatoms. The Morgan fingerprint density at radius 3 is 2.57 bits per heavy atom. The number of hydrogen-bond acceptors (Lipinski definition) is 5. The minimum absolute atomic E-state index is 0.159. The minimum atomic E-state index is -1.05. The van der Waals surface area contributed by atoms with Crippen molar-refractivity contribution < 1.29 is 14.3 Å². The van der Waals surface area contributed by atoms with Crippen molar-refractivity contribution in [2.45, 2.75) is 25.3 Å². The van der Waals surface area contributed by atoms with Crippen LogP contribution in [-0.4, -0.2) is 38.4 Å². The first-order valence-electron chi connectivity index (χ1n) is 4.75. The van der Waals surface area contributed by atoms with Crippen LogP contribution >= 0.6 is 0 Å². The van der Waals surface area contributed by atoms with E-state index in [4.69, 9.17) is 20.9 Å². The van der Waals surface area contributed by atoms with Gasteiger partial charge in [-0.25, -0.2) is 4.79 Å². The number of esters is 1. The van der Waals surface area contributed by atoms with Crippen molar-refractivity contribution in [2.75, 3.05) is 26.9 Å². The fourth-order valence-electron chi connectivity index (χ4n) is 1.18. The number of hydrogen-bond donors (Lipinski definition) is 2. The van der Waals surface area contributed by atoms with Gasteiger partial charge in [-0.3, -0.25) is 0 Å². The summed E-state index contributed by atoms with van der Waals surface area (Å²) in [4.78, 5) is 11.5. The van der Waals surface area contributed by atoms with Gasteiger partial charge >= 0.3 is 5.97 Å². The molecule has 0 unspecified atom stereocenters. The van der Waals surface area contributed by atoms with Crippen LogP contribution in [-0.2, 0) is 14.3 Å². The van der Waals surface area contributed by atoms with Crippen LogP contribution in [0.4, 0.5) is 0 Å². The molecule has 0 aromatic heterocycles. The fraction of sp³-hybridized carbons (Fsp3) is 0.889. The van der Waals surface area contributed by atoms with Crippen LogP contribution in [0.5, 0.6) is 0 Å². The van der Waals surface area contributed by atoms with Crippen molar-refractivity contribution in [3.8, 4) is 0 Å². The number of nitrogens with two attached hydrogens (primary N) is 2. The first-order valence-corrected chi connectivity index (χ1v) is 4.75. The lowest BCUT2D eigenvalue weighted by Crippen LogP contribution is -2.53. The summed E-state index contributed by atoms with van der Waals surface area (Å²) >= 11 is 0. The molecule has 0 bridgehead atoms. The Morgan fingerprint density at radius 2 is 2.14 bits per heavy atom. The molecule has 0 saturated heterocycles. The van der Waals surface area contributed by atoms with E-state index in [-0.39, 0.29) is 6.61 Å². The van der Waals surface area contributed by atoms with E-state index in [0.717, 1.165) is 0 Å². The van der Waals surface area contributed by atoms with Crippen LogP contribution in [0.1, 0.15) is 19.8 Å². The smallest absolute Gasteiger partial charge is 0.328 e. The maximum absolute atomic E-state index is 11.5. The van der Waals surface area contributed by atoms with Crippen molar-refractivity contribution in [1.29, 1.82) is 0 Å². The second-order valence-corrected chi connectivity index (χ2v) is 3.20. The summed E-state index contributed by atoms with van der Waals surface area (Å²) < 4.78 is 9.78. The van der Waals surface area contributed by atoms with Gasteiger partial charge in [0, 0.05) is 7.11 Å². The van der Waals surface area contributed by atoms with Gasteiger partial charge in [0.2, 0.25) is 0 Å². The van der Waals surface area contributed by atoms with E-state index in [2.05, 4.69) is 0 Å². The Kier molecular flexibility index (Phi) is 6.44. The third-order valence-corrected chi connectivity index (χ3v) is 1.91. The molecule has 4 N–H and O–H groups in total. The topological polar surface area (TPSA) is 87.6 Å². The highest BCUT2D eigenvalue weighted by Crippen LogP contribution is 2.12. The van der Waals surface area contributed by atoms with Gasteiger partial charge in [-0.15, -0.1) is 0 Å². The van der Waals surface area contributed by atoms with E-state index in [9.17, 15) is 4.79 Å². The van der Waals surface area contributed by atoms with Crippen molar-refractivity contribution in [3.63, 3.8) is 0 Å². The first kappa shape index (κ1) is 13.4. The van der Waals surface area contributed by atoms with Gasteiger partial charge in [0.25, 0.3) is 0 Å². The predicted octanol–water partition coefficient (Wildman–Crippen LogP) is -0.368. The quantitative estimate of drug-likeness (QED) is 0.552. The highest BCUT2D eigenvalue weighted by Gasteiger charge is 2.34. The molecular weight excluding hydrogens is 184 g/mol. The van der Waals surface area contributed by atoms with Gasteiger partial charge in [0.1, 0.15) is 5.54 Å². The zero-order valence-electron chi connectivity index (χ0n) is 8.91. The Hall–Kier alpha value is -0.650. The van der Waals surface area contributed by atoms with E-state index in [1.807, 2.05) is 0 Å². The Bertz CT molecular complexity index is 175. The Labute approximate surface area is 84.7 Å².